The molecule has 5 heteroatoms. The fourth-order valence-corrected chi connectivity index (χ4v) is 3.22. The van der Waals surface area contributed by atoms with Gasteiger partial charge in [0.2, 0.25) is 0 Å². The molecule has 0 saturated carbocycles. The number of halogens is 1. The number of nitrogens with one attached hydrogen (secondary N) is 1. The van der Waals surface area contributed by atoms with E-state index in [-0.39, 0.29) is 0 Å². The lowest BCUT2D eigenvalue weighted by molar-refractivity contribution is 0.199. The molecule has 1 heterocycles. The van der Waals surface area contributed by atoms with Gasteiger partial charge in [0.15, 0.2) is 5.16 Å². The molecule has 3 rings (SSSR count). The normalized spacial score (nSPS) is 12.8. The van der Waals surface area contributed by atoms with Crippen LogP contribution in [0.15, 0.2) is 46.5 Å². The third-order valence-corrected chi connectivity index (χ3v) is 4.65. The largest absolute Gasteiger partial charge is 0.389 e. The van der Waals surface area contributed by atoms with Crippen molar-refractivity contribution in [3.63, 3.8) is 0 Å². The van der Waals surface area contributed by atoms with E-state index in [2.05, 4.69) is 23.0 Å². The second-order valence-corrected chi connectivity index (χ2v) is 6.47. The Kier molecular flexibility index (Phi) is 3.93. The van der Waals surface area contributed by atoms with E-state index in [1.54, 1.807) is 13.0 Å². The summed E-state index contributed by atoms with van der Waals surface area (Å²) in [5, 5.41) is 11.0. The van der Waals surface area contributed by atoms with Crippen LogP contribution in [0.25, 0.3) is 11.0 Å². The number of aliphatic hydroxyl groups is 1. The molecule has 0 spiro atoms. The molecular weight excluding hydrogens is 304 g/mol. The number of aliphatic hydroxyl groups excluding tert-OH is 1. The van der Waals surface area contributed by atoms with Gasteiger partial charge in [0.05, 0.1) is 22.2 Å². The van der Waals surface area contributed by atoms with Crippen LogP contribution in [-0.2, 0) is 0 Å². The van der Waals surface area contributed by atoms with E-state index in [0.29, 0.717) is 5.02 Å². The van der Waals surface area contributed by atoms with Crippen LogP contribution < -0.4 is 0 Å². The van der Waals surface area contributed by atoms with E-state index in [0.717, 1.165) is 26.6 Å². The van der Waals surface area contributed by atoms with Crippen molar-refractivity contribution in [2.24, 2.45) is 0 Å². The second kappa shape index (κ2) is 5.72. The molecule has 0 amide bonds. The van der Waals surface area contributed by atoms with Crippen LogP contribution in [0.1, 0.15) is 24.2 Å². The summed E-state index contributed by atoms with van der Waals surface area (Å²) in [5.41, 5.74) is 3.97. The number of H-pyrrole nitrogens is 1. The topological polar surface area (TPSA) is 48.9 Å². The van der Waals surface area contributed by atoms with Gasteiger partial charge in [-0.25, -0.2) is 4.98 Å². The molecular formula is C16H15ClN2OS. The van der Waals surface area contributed by atoms with Crippen molar-refractivity contribution < 1.29 is 5.11 Å². The van der Waals surface area contributed by atoms with Crippen LogP contribution in [0.2, 0.25) is 5.02 Å². The maximum Gasteiger partial charge on any atom is 0.171 e. The van der Waals surface area contributed by atoms with Gasteiger partial charge in [-0.05, 0) is 49.2 Å². The quantitative estimate of drug-likeness (QED) is 0.734. The molecule has 1 aromatic heterocycles. The molecule has 1 atom stereocenters. The highest BCUT2D eigenvalue weighted by molar-refractivity contribution is 7.99. The van der Waals surface area contributed by atoms with Crippen molar-refractivity contribution >= 4 is 34.4 Å². The van der Waals surface area contributed by atoms with Crippen LogP contribution in [-0.4, -0.2) is 15.1 Å². The molecule has 0 aliphatic carbocycles. The van der Waals surface area contributed by atoms with Crippen LogP contribution in [0.3, 0.4) is 0 Å². The number of aromatic nitrogens is 2. The lowest BCUT2D eigenvalue weighted by Gasteiger charge is -2.07. The van der Waals surface area contributed by atoms with Gasteiger partial charge in [-0.15, -0.1) is 0 Å². The molecule has 0 fully saturated rings. The summed E-state index contributed by atoms with van der Waals surface area (Å²) in [5.74, 6) is 0. The number of hydrogen-bond acceptors (Lipinski definition) is 3. The number of aryl methyl sites for hydroxylation is 1. The molecule has 3 aromatic rings. The minimum atomic E-state index is -0.518. The Morgan fingerprint density at radius 1 is 1.24 bits per heavy atom. The molecule has 21 heavy (non-hydrogen) atoms. The predicted octanol–water partition coefficient (Wildman–Crippen LogP) is 4.73. The van der Waals surface area contributed by atoms with Crippen LogP contribution in [0.4, 0.5) is 0 Å². The summed E-state index contributed by atoms with van der Waals surface area (Å²) >= 11 is 7.76. The first kappa shape index (κ1) is 14.4. The fraction of sp³-hybridized carbons (Fsp3) is 0.188. The summed E-state index contributed by atoms with van der Waals surface area (Å²) in [7, 11) is 0. The van der Waals surface area contributed by atoms with Crippen molar-refractivity contribution in [1.82, 2.24) is 9.97 Å². The van der Waals surface area contributed by atoms with Gasteiger partial charge in [-0.3, -0.25) is 0 Å². The number of rotatable bonds is 3. The van der Waals surface area contributed by atoms with Gasteiger partial charge in [-0.1, -0.05) is 35.5 Å². The Morgan fingerprint density at radius 2 is 2.05 bits per heavy atom. The third-order valence-electron chi connectivity index (χ3n) is 3.26. The number of fused-ring (bicyclic) bond motifs is 1. The van der Waals surface area contributed by atoms with Crippen LogP contribution in [0.5, 0.6) is 0 Å². The number of benzene rings is 2. The van der Waals surface area contributed by atoms with E-state index in [1.807, 2.05) is 24.3 Å². The van der Waals surface area contributed by atoms with Crippen LogP contribution >= 0.6 is 23.4 Å². The SMILES string of the molecule is Cc1ccc2nc(Sc3ccc([C@H](C)O)cc3Cl)[nH]c2c1. The summed E-state index contributed by atoms with van der Waals surface area (Å²) < 4.78 is 0. The second-order valence-electron chi connectivity index (χ2n) is 5.03. The number of imidazole rings is 1. The zero-order chi connectivity index (χ0) is 15.0. The predicted molar refractivity (Wildman–Crippen MR) is 87.0 cm³/mol. The molecule has 0 unspecified atom stereocenters. The van der Waals surface area contributed by atoms with E-state index in [1.165, 1.54) is 17.3 Å². The lowest BCUT2D eigenvalue weighted by Crippen LogP contribution is -1.90. The lowest BCUT2D eigenvalue weighted by atomic mass is 10.1. The first-order valence-corrected chi connectivity index (χ1v) is 7.84. The Morgan fingerprint density at radius 3 is 2.76 bits per heavy atom. The first-order valence-electron chi connectivity index (χ1n) is 6.64. The zero-order valence-corrected chi connectivity index (χ0v) is 13.3. The molecule has 2 aromatic carbocycles. The van der Waals surface area contributed by atoms with Gasteiger partial charge in [0.1, 0.15) is 0 Å². The first-order chi connectivity index (χ1) is 10.0. The average Bonchev–Trinajstić information content (AvgIpc) is 2.82. The van der Waals surface area contributed by atoms with Gasteiger partial charge in [0.25, 0.3) is 0 Å². The highest BCUT2D eigenvalue weighted by Gasteiger charge is 2.10. The molecule has 0 aliphatic heterocycles. The maximum atomic E-state index is 9.57. The third kappa shape index (κ3) is 3.07. The summed E-state index contributed by atoms with van der Waals surface area (Å²) in [6.45, 7) is 3.78. The molecule has 2 N–H and O–H groups in total. The van der Waals surface area contributed by atoms with E-state index in [4.69, 9.17) is 11.6 Å². The molecule has 108 valence electrons. The zero-order valence-electron chi connectivity index (χ0n) is 11.7. The van der Waals surface area contributed by atoms with Gasteiger partial charge >= 0.3 is 0 Å². The van der Waals surface area contributed by atoms with E-state index < -0.39 is 6.10 Å². The fourth-order valence-electron chi connectivity index (χ4n) is 2.11. The van der Waals surface area contributed by atoms with E-state index in [9.17, 15) is 5.11 Å². The monoisotopic (exact) mass is 318 g/mol. The van der Waals surface area contributed by atoms with Crippen LogP contribution in [0, 0.1) is 6.92 Å². The molecule has 3 nitrogen and oxygen atoms in total. The Hall–Kier alpha value is -1.49. The Balaban J connectivity index is 1.91. The standard InChI is InChI=1S/C16H15ClN2OS/c1-9-3-5-13-14(7-9)19-16(18-13)21-15-6-4-11(10(2)20)8-12(15)17/h3-8,10,20H,1-2H3,(H,18,19)/t10-/m0/s1. The van der Waals surface area contributed by atoms with Crippen molar-refractivity contribution in [2.75, 3.05) is 0 Å². The van der Waals surface area contributed by atoms with Crippen molar-refractivity contribution in [1.29, 1.82) is 0 Å². The minimum Gasteiger partial charge on any atom is -0.389 e. The van der Waals surface area contributed by atoms with Crippen molar-refractivity contribution in [2.45, 2.75) is 30.0 Å². The summed E-state index contributed by atoms with van der Waals surface area (Å²) in [6, 6.07) is 11.7. The van der Waals surface area contributed by atoms with Crippen molar-refractivity contribution in [3.8, 4) is 0 Å². The highest BCUT2D eigenvalue weighted by atomic mass is 35.5. The van der Waals surface area contributed by atoms with Gasteiger partial charge in [0, 0.05) is 4.90 Å². The van der Waals surface area contributed by atoms with Crippen molar-refractivity contribution in [3.05, 3.63) is 52.5 Å². The smallest absolute Gasteiger partial charge is 0.171 e. The molecule has 0 saturated heterocycles. The summed E-state index contributed by atoms with van der Waals surface area (Å²) in [6.07, 6.45) is -0.518. The summed E-state index contributed by atoms with van der Waals surface area (Å²) in [4.78, 5) is 8.75. The van der Waals surface area contributed by atoms with Gasteiger partial charge in [-0.2, -0.15) is 0 Å². The number of nitrogens with zero attached hydrogens (tertiary/aromatic N) is 1. The Bertz CT molecular complexity index is 798. The molecule has 0 aliphatic rings. The number of aromatic amines is 1. The van der Waals surface area contributed by atoms with E-state index >= 15 is 0 Å². The minimum absolute atomic E-state index is 0.518. The van der Waals surface area contributed by atoms with Gasteiger partial charge < -0.3 is 10.1 Å². The average molecular weight is 319 g/mol. The maximum absolute atomic E-state index is 9.57. The molecule has 0 bridgehead atoms. The highest BCUT2D eigenvalue weighted by Crippen LogP contribution is 2.34. The molecule has 0 radical (unpaired) electrons. The Labute approximate surface area is 132 Å². The number of hydrogen-bond donors (Lipinski definition) is 2.